The molecule has 2 rings (SSSR count). The minimum atomic E-state index is -0.163. The lowest BCUT2D eigenvalue weighted by Crippen LogP contribution is -2.14. The highest BCUT2D eigenvalue weighted by Gasteiger charge is 2.14. The number of hydrogen-bond donors (Lipinski definition) is 1. The molecule has 0 fully saturated rings. The third-order valence-electron chi connectivity index (χ3n) is 3.45. The molecule has 2 aromatic carbocycles. The van der Waals surface area contributed by atoms with E-state index < -0.39 is 0 Å². The number of nitrogens with two attached hydrogens (primary N) is 1. The average molecular weight is 287 g/mol. The van der Waals surface area contributed by atoms with E-state index in [1.165, 1.54) is 0 Å². The van der Waals surface area contributed by atoms with Crippen LogP contribution in [0.5, 0.6) is 17.2 Å². The van der Waals surface area contributed by atoms with Crippen LogP contribution >= 0.6 is 0 Å². The first-order valence-electron chi connectivity index (χ1n) is 6.78. The van der Waals surface area contributed by atoms with Crippen LogP contribution in [0.15, 0.2) is 42.5 Å². The summed E-state index contributed by atoms with van der Waals surface area (Å²) in [6.45, 7) is 0. The average Bonchev–Trinajstić information content (AvgIpc) is 2.54. The van der Waals surface area contributed by atoms with Crippen molar-refractivity contribution in [1.82, 2.24) is 0 Å². The highest BCUT2D eigenvalue weighted by atomic mass is 16.5. The fourth-order valence-electron chi connectivity index (χ4n) is 2.25. The van der Waals surface area contributed by atoms with Crippen molar-refractivity contribution < 1.29 is 14.2 Å². The zero-order valence-corrected chi connectivity index (χ0v) is 12.6. The Labute approximate surface area is 125 Å². The van der Waals surface area contributed by atoms with Crippen LogP contribution in [-0.2, 0) is 6.42 Å². The fraction of sp³-hybridized carbons (Fsp3) is 0.294. The van der Waals surface area contributed by atoms with Crippen LogP contribution in [0.2, 0.25) is 0 Å². The van der Waals surface area contributed by atoms with Gasteiger partial charge >= 0.3 is 0 Å². The van der Waals surface area contributed by atoms with Gasteiger partial charge in [-0.15, -0.1) is 0 Å². The molecule has 21 heavy (non-hydrogen) atoms. The van der Waals surface area contributed by atoms with Gasteiger partial charge in [-0.05, 0) is 42.3 Å². The quantitative estimate of drug-likeness (QED) is 0.887. The number of rotatable bonds is 6. The van der Waals surface area contributed by atoms with E-state index in [0.717, 1.165) is 28.4 Å². The summed E-state index contributed by atoms with van der Waals surface area (Å²) in [7, 11) is 4.94. The molecule has 1 atom stereocenters. The number of methoxy groups -OCH3 is 3. The van der Waals surface area contributed by atoms with Crippen molar-refractivity contribution in [2.45, 2.75) is 12.5 Å². The van der Waals surface area contributed by atoms with Gasteiger partial charge in [-0.3, -0.25) is 0 Å². The molecule has 4 heteroatoms. The van der Waals surface area contributed by atoms with E-state index >= 15 is 0 Å². The molecule has 0 heterocycles. The van der Waals surface area contributed by atoms with E-state index in [-0.39, 0.29) is 6.04 Å². The second-order valence-electron chi connectivity index (χ2n) is 4.77. The van der Waals surface area contributed by atoms with Gasteiger partial charge in [0.1, 0.15) is 17.2 Å². The maximum Gasteiger partial charge on any atom is 0.123 e. The van der Waals surface area contributed by atoms with Crippen LogP contribution in [0, 0.1) is 0 Å². The monoisotopic (exact) mass is 287 g/mol. The summed E-state index contributed by atoms with van der Waals surface area (Å²) in [6.07, 6.45) is 0.716. The third kappa shape index (κ3) is 3.67. The van der Waals surface area contributed by atoms with Gasteiger partial charge in [-0.25, -0.2) is 0 Å². The first kappa shape index (κ1) is 15.2. The number of hydrogen-bond acceptors (Lipinski definition) is 4. The molecule has 0 amide bonds. The number of benzene rings is 2. The van der Waals surface area contributed by atoms with Crippen molar-refractivity contribution in [3.8, 4) is 17.2 Å². The Kier molecular flexibility index (Phi) is 5.06. The number of ether oxygens (including phenoxy) is 3. The van der Waals surface area contributed by atoms with Crippen LogP contribution in [0.1, 0.15) is 17.2 Å². The molecule has 0 spiro atoms. The van der Waals surface area contributed by atoms with E-state index in [1.807, 2.05) is 42.5 Å². The molecule has 0 saturated heterocycles. The Morgan fingerprint density at radius 1 is 0.857 bits per heavy atom. The summed E-state index contributed by atoms with van der Waals surface area (Å²) in [5, 5.41) is 0. The Morgan fingerprint density at radius 3 is 2.05 bits per heavy atom. The van der Waals surface area contributed by atoms with E-state index in [2.05, 4.69) is 0 Å². The smallest absolute Gasteiger partial charge is 0.123 e. The minimum absolute atomic E-state index is 0.163. The summed E-state index contributed by atoms with van der Waals surface area (Å²) in [5.74, 6) is 2.39. The van der Waals surface area contributed by atoms with Gasteiger partial charge in [0, 0.05) is 11.6 Å². The zero-order chi connectivity index (χ0) is 15.2. The van der Waals surface area contributed by atoms with Gasteiger partial charge in [0.25, 0.3) is 0 Å². The summed E-state index contributed by atoms with van der Waals surface area (Å²) in [6, 6.07) is 13.4. The van der Waals surface area contributed by atoms with E-state index in [4.69, 9.17) is 19.9 Å². The Hall–Kier alpha value is -2.20. The first-order valence-corrected chi connectivity index (χ1v) is 6.78. The highest BCUT2D eigenvalue weighted by molar-refractivity contribution is 5.43. The Balaban J connectivity index is 2.20. The molecule has 1 unspecified atom stereocenters. The molecule has 0 aromatic heterocycles. The molecular formula is C17H21NO3. The normalized spacial score (nSPS) is 11.8. The van der Waals surface area contributed by atoms with Crippen LogP contribution in [0.3, 0.4) is 0 Å². The summed E-state index contributed by atoms with van der Waals surface area (Å²) < 4.78 is 15.8. The molecule has 0 bridgehead atoms. The summed E-state index contributed by atoms with van der Waals surface area (Å²) in [5.41, 5.74) is 8.41. The van der Waals surface area contributed by atoms with E-state index in [0.29, 0.717) is 6.42 Å². The maximum absolute atomic E-state index is 6.33. The van der Waals surface area contributed by atoms with Crippen LogP contribution < -0.4 is 19.9 Å². The fourth-order valence-corrected chi connectivity index (χ4v) is 2.25. The maximum atomic E-state index is 6.33. The second-order valence-corrected chi connectivity index (χ2v) is 4.77. The van der Waals surface area contributed by atoms with Crippen LogP contribution in [-0.4, -0.2) is 21.3 Å². The van der Waals surface area contributed by atoms with Crippen molar-refractivity contribution >= 4 is 0 Å². The lowest BCUT2D eigenvalue weighted by Gasteiger charge is -2.17. The summed E-state index contributed by atoms with van der Waals surface area (Å²) >= 11 is 0. The van der Waals surface area contributed by atoms with Crippen molar-refractivity contribution in [2.24, 2.45) is 5.73 Å². The van der Waals surface area contributed by atoms with Crippen LogP contribution in [0.4, 0.5) is 0 Å². The molecule has 2 aromatic rings. The van der Waals surface area contributed by atoms with E-state index in [1.54, 1.807) is 21.3 Å². The van der Waals surface area contributed by atoms with Crippen molar-refractivity contribution in [1.29, 1.82) is 0 Å². The molecule has 0 aliphatic carbocycles. The standard InChI is InChI=1S/C17H21NO3/c1-19-13-6-4-12(5-7-13)10-16(18)15-11-14(20-2)8-9-17(15)21-3/h4-9,11,16H,10,18H2,1-3H3. The Morgan fingerprint density at radius 2 is 1.48 bits per heavy atom. The van der Waals surface area contributed by atoms with Gasteiger partial charge in [0.05, 0.1) is 21.3 Å². The van der Waals surface area contributed by atoms with Crippen LogP contribution in [0.25, 0.3) is 0 Å². The largest absolute Gasteiger partial charge is 0.497 e. The van der Waals surface area contributed by atoms with Gasteiger partial charge in [0.2, 0.25) is 0 Å². The predicted molar refractivity (Wildman–Crippen MR) is 83.2 cm³/mol. The SMILES string of the molecule is COc1ccc(CC(N)c2cc(OC)ccc2OC)cc1. The zero-order valence-electron chi connectivity index (χ0n) is 12.6. The molecule has 0 radical (unpaired) electrons. The van der Waals surface area contributed by atoms with Crippen molar-refractivity contribution in [3.63, 3.8) is 0 Å². The lowest BCUT2D eigenvalue weighted by molar-refractivity contribution is 0.395. The molecule has 0 aliphatic heterocycles. The third-order valence-corrected chi connectivity index (χ3v) is 3.45. The molecule has 2 N–H and O–H groups in total. The van der Waals surface area contributed by atoms with E-state index in [9.17, 15) is 0 Å². The molecule has 112 valence electrons. The molecule has 0 saturated carbocycles. The predicted octanol–water partition coefficient (Wildman–Crippen LogP) is 2.95. The van der Waals surface area contributed by atoms with Gasteiger partial charge < -0.3 is 19.9 Å². The second kappa shape index (κ2) is 6.99. The minimum Gasteiger partial charge on any atom is -0.497 e. The Bertz CT molecular complexity index is 581. The highest BCUT2D eigenvalue weighted by Crippen LogP contribution is 2.30. The van der Waals surface area contributed by atoms with Crippen molar-refractivity contribution in [3.05, 3.63) is 53.6 Å². The molecule has 0 aliphatic rings. The van der Waals surface area contributed by atoms with Gasteiger partial charge in [-0.1, -0.05) is 12.1 Å². The van der Waals surface area contributed by atoms with Crippen molar-refractivity contribution in [2.75, 3.05) is 21.3 Å². The van der Waals surface area contributed by atoms with Gasteiger partial charge in [0.15, 0.2) is 0 Å². The lowest BCUT2D eigenvalue weighted by atomic mass is 9.98. The topological polar surface area (TPSA) is 53.7 Å². The summed E-state index contributed by atoms with van der Waals surface area (Å²) in [4.78, 5) is 0. The first-order chi connectivity index (χ1) is 10.2. The van der Waals surface area contributed by atoms with Gasteiger partial charge in [-0.2, -0.15) is 0 Å². The molecular weight excluding hydrogens is 266 g/mol. The molecule has 4 nitrogen and oxygen atoms in total.